The number of nitrogens with two attached hydrogens (primary N) is 1. The lowest BCUT2D eigenvalue weighted by atomic mass is 10.1. The smallest absolute Gasteiger partial charge is 0.462 e. The Balaban J connectivity index is 1.83. The first-order valence-electron chi connectivity index (χ1n) is 26.1. The molecule has 8 atom stereocenters. The van der Waals surface area contributed by atoms with Gasteiger partial charge >= 0.3 is 33.3 Å². The van der Waals surface area contributed by atoms with E-state index in [0.29, 0.717) is 25.7 Å². The van der Waals surface area contributed by atoms with Crippen molar-refractivity contribution < 1.29 is 71.4 Å². The molecule has 0 aromatic carbocycles. The molecule has 1 aromatic rings. The summed E-state index contributed by atoms with van der Waals surface area (Å²) < 4.78 is 56.7. The van der Waals surface area contributed by atoms with Crippen molar-refractivity contribution in [2.24, 2.45) is 0 Å². The monoisotopic (exact) mass is 1070 g/mol. The lowest BCUT2D eigenvalue weighted by Crippen LogP contribution is -2.36. The number of hydrogen-bond acceptors (Lipinski definition) is 16. The van der Waals surface area contributed by atoms with Crippen molar-refractivity contribution in [3.8, 4) is 0 Å². The number of allylic oxidation sites excluding steroid dienone is 11. The fourth-order valence-corrected chi connectivity index (χ4v) is 9.38. The first kappa shape index (κ1) is 65.3. The number of ether oxygens (including phenoxy) is 3. The van der Waals surface area contributed by atoms with Crippen LogP contribution in [0, 0.1) is 0 Å². The second kappa shape index (κ2) is 39.6. The van der Waals surface area contributed by atoms with Gasteiger partial charge in [-0.25, -0.2) is 13.9 Å². The fraction of sp³-hybridized carbons (Fsp3) is 0.654. The minimum absolute atomic E-state index is 0.0171. The number of hydrogen-bond donors (Lipinski definition) is 6. The van der Waals surface area contributed by atoms with Crippen LogP contribution in [0.15, 0.2) is 90.0 Å². The maximum atomic E-state index is 12.9. The first-order chi connectivity index (χ1) is 35.1. The molecule has 19 nitrogen and oxygen atoms in total. The van der Waals surface area contributed by atoms with Crippen LogP contribution in [-0.4, -0.2) is 96.9 Å². The molecular weight excluding hydrogens is 985 g/mol. The summed E-state index contributed by atoms with van der Waals surface area (Å²) in [6.45, 7) is 1.94. The summed E-state index contributed by atoms with van der Waals surface area (Å²) >= 11 is 0. The van der Waals surface area contributed by atoms with Gasteiger partial charge in [0.1, 0.15) is 30.7 Å². The molecule has 0 aliphatic carbocycles. The topological polar surface area (TPSA) is 286 Å². The predicted octanol–water partition coefficient (Wildman–Crippen LogP) is 9.86. The Kier molecular flexibility index (Phi) is 35.4. The Morgan fingerprint density at radius 1 is 0.726 bits per heavy atom. The summed E-state index contributed by atoms with van der Waals surface area (Å²) in [5.41, 5.74) is 4.58. The van der Waals surface area contributed by atoms with Gasteiger partial charge in [-0.1, -0.05) is 151 Å². The zero-order chi connectivity index (χ0) is 53.6. The average molecular weight is 1070 g/mol. The van der Waals surface area contributed by atoms with E-state index in [0.717, 1.165) is 101 Å². The lowest BCUT2D eigenvalue weighted by Gasteiger charge is -2.21. The molecule has 2 rings (SSSR count). The number of rotatable bonds is 42. The molecule has 0 spiro atoms. The number of esters is 2. The van der Waals surface area contributed by atoms with Gasteiger partial charge in [0, 0.05) is 19.0 Å². The molecular formula is C52H85N3O16P2. The molecule has 1 aliphatic rings. The Bertz CT molecular complexity index is 2020. The van der Waals surface area contributed by atoms with Gasteiger partial charge in [-0.3, -0.25) is 23.2 Å². The molecule has 414 valence electrons. The van der Waals surface area contributed by atoms with Crippen LogP contribution in [0.2, 0.25) is 0 Å². The molecule has 1 aliphatic heterocycles. The van der Waals surface area contributed by atoms with E-state index in [2.05, 4.69) is 47.4 Å². The van der Waals surface area contributed by atoms with E-state index in [1.807, 2.05) is 42.5 Å². The summed E-state index contributed by atoms with van der Waals surface area (Å²) in [6, 6.07) is 1.24. The molecule has 1 fully saturated rings. The quantitative estimate of drug-likeness (QED) is 0.0117. The molecule has 7 N–H and O–H groups in total. The largest absolute Gasteiger partial charge is 0.481 e. The standard InChI is InChI=1S/C52H85N3O16P2/c1-3-5-7-8-9-10-11-12-13-14-15-16-19-23-26-29-33-37-48(58)69-44(40-66-47(57)36-32-28-25-22-20-17-18-21-24-27-31-35-43(56)34-30-6-4-2)41-67-72(62,63)71-73(64,65)68-42-45-49(59)50(60)51(70-45)55-39-38-46(53)54-52(55)61/h9-10,12-13,17-18,22,24-25,27,31,35,38-39,43-45,49-51,56,59-60H,3-8,11,14-16,19-21,23,26,28-30,32-34,36-37,40-42H2,1-2H3,(H,62,63)(H,64,65)(H2,53,54,61)/b10-9-,13-12-,18-17-,25-22-,27-24-,35-31+/t43-,44-,45-,49-,50-,51-/m1/s1. The van der Waals surface area contributed by atoms with E-state index in [9.17, 15) is 48.6 Å². The Morgan fingerprint density at radius 2 is 1.29 bits per heavy atom. The highest BCUT2D eigenvalue weighted by molar-refractivity contribution is 7.61. The number of aliphatic hydroxyl groups is 3. The summed E-state index contributed by atoms with van der Waals surface area (Å²) in [5.74, 6) is -1.41. The highest BCUT2D eigenvalue weighted by Crippen LogP contribution is 2.60. The van der Waals surface area contributed by atoms with Crippen LogP contribution in [0.3, 0.4) is 0 Å². The number of unbranched alkanes of at least 4 members (excludes halogenated alkanes) is 13. The molecule has 21 heteroatoms. The van der Waals surface area contributed by atoms with Crippen molar-refractivity contribution >= 4 is 33.4 Å². The Labute approximate surface area is 432 Å². The van der Waals surface area contributed by atoms with Crippen LogP contribution in [0.4, 0.5) is 5.82 Å². The molecule has 0 radical (unpaired) electrons. The number of aromatic nitrogens is 2. The van der Waals surface area contributed by atoms with Crippen LogP contribution >= 0.6 is 15.6 Å². The first-order valence-corrected chi connectivity index (χ1v) is 29.0. The second-order valence-corrected chi connectivity index (χ2v) is 20.9. The van der Waals surface area contributed by atoms with Gasteiger partial charge in [0.25, 0.3) is 0 Å². The molecule has 2 unspecified atom stereocenters. The molecule has 0 bridgehead atoms. The Hall–Kier alpha value is -3.84. The van der Waals surface area contributed by atoms with Crippen molar-refractivity contribution in [1.29, 1.82) is 0 Å². The van der Waals surface area contributed by atoms with Gasteiger partial charge in [0.05, 0.1) is 19.3 Å². The fourth-order valence-electron chi connectivity index (χ4n) is 7.27. The Morgan fingerprint density at radius 3 is 1.95 bits per heavy atom. The molecule has 2 heterocycles. The summed E-state index contributed by atoms with van der Waals surface area (Å²) in [7, 11) is -10.9. The third-order valence-electron chi connectivity index (χ3n) is 11.4. The average Bonchev–Trinajstić information content (AvgIpc) is 3.62. The molecule has 0 amide bonds. The summed E-state index contributed by atoms with van der Waals surface area (Å²) in [4.78, 5) is 61.9. The molecule has 73 heavy (non-hydrogen) atoms. The van der Waals surface area contributed by atoms with Crippen LogP contribution in [0.5, 0.6) is 0 Å². The van der Waals surface area contributed by atoms with Crippen LogP contribution in [0.1, 0.15) is 168 Å². The SMILES string of the molecule is CCCCC/C=C\C/C=C\CCCCCCCCCC(=O)O[C@H](COC(=O)CCC/C=C\C/C=C\C/C=C\C=C\[C@H](O)CCCCC)COP(=O)(O)OP(=O)(O)OC[C@H]1O[C@@H](n2ccc(N)nc2=O)[C@H](O)[C@@H]1O. The lowest BCUT2D eigenvalue weighted by molar-refractivity contribution is -0.161. The van der Waals surface area contributed by atoms with E-state index in [-0.39, 0.29) is 18.7 Å². The van der Waals surface area contributed by atoms with Crippen LogP contribution in [0.25, 0.3) is 0 Å². The van der Waals surface area contributed by atoms with Gasteiger partial charge in [-0.05, 0) is 76.7 Å². The van der Waals surface area contributed by atoms with E-state index in [4.69, 9.17) is 29.0 Å². The molecule has 1 aromatic heterocycles. The third-order valence-corrected chi connectivity index (χ3v) is 14.0. The summed E-state index contributed by atoms with van der Waals surface area (Å²) in [6.07, 6.45) is 37.3. The number of carbonyl (C=O) groups is 2. The minimum Gasteiger partial charge on any atom is -0.462 e. The number of phosphoric ester groups is 2. The van der Waals surface area contributed by atoms with Crippen molar-refractivity contribution in [2.45, 2.75) is 198 Å². The van der Waals surface area contributed by atoms with Gasteiger partial charge in [0.2, 0.25) is 0 Å². The summed E-state index contributed by atoms with van der Waals surface area (Å²) in [5, 5.41) is 30.9. The maximum absolute atomic E-state index is 12.9. The zero-order valence-electron chi connectivity index (χ0n) is 43.0. The van der Waals surface area contributed by atoms with Crippen molar-refractivity contribution in [1.82, 2.24) is 9.55 Å². The maximum Gasteiger partial charge on any atom is 0.481 e. The number of carbonyl (C=O) groups excluding carboxylic acids is 2. The minimum atomic E-state index is -5.45. The molecule has 1 saturated heterocycles. The number of nitrogens with zero attached hydrogens (tertiary/aromatic N) is 2. The zero-order valence-corrected chi connectivity index (χ0v) is 44.8. The predicted molar refractivity (Wildman–Crippen MR) is 281 cm³/mol. The number of aliphatic hydroxyl groups excluding tert-OH is 3. The molecule has 0 saturated carbocycles. The van der Waals surface area contributed by atoms with Gasteiger partial charge in [-0.2, -0.15) is 9.29 Å². The van der Waals surface area contributed by atoms with E-state index >= 15 is 0 Å². The number of anilines is 1. The van der Waals surface area contributed by atoms with Gasteiger partial charge in [0.15, 0.2) is 12.3 Å². The van der Waals surface area contributed by atoms with E-state index in [1.165, 1.54) is 25.3 Å². The third kappa shape index (κ3) is 32.3. The van der Waals surface area contributed by atoms with E-state index < -0.39 is 89.8 Å². The van der Waals surface area contributed by atoms with Crippen molar-refractivity contribution in [3.63, 3.8) is 0 Å². The highest BCUT2D eigenvalue weighted by Gasteiger charge is 2.46. The number of nitrogen functional groups attached to an aromatic ring is 1. The van der Waals surface area contributed by atoms with E-state index in [1.54, 1.807) is 6.08 Å². The van der Waals surface area contributed by atoms with Crippen LogP contribution < -0.4 is 11.4 Å². The van der Waals surface area contributed by atoms with Gasteiger partial charge in [-0.15, -0.1) is 0 Å². The highest BCUT2D eigenvalue weighted by atomic mass is 31.3. The second-order valence-electron chi connectivity index (χ2n) is 17.9. The number of phosphoric acid groups is 2. The normalized spacial score (nSPS) is 20.0. The van der Waals surface area contributed by atoms with Crippen molar-refractivity contribution in [2.75, 3.05) is 25.6 Å². The van der Waals surface area contributed by atoms with Crippen LogP contribution in [-0.2, 0) is 46.3 Å². The van der Waals surface area contributed by atoms with Crippen molar-refractivity contribution in [3.05, 3.63) is 95.7 Å². The van der Waals surface area contributed by atoms with Gasteiger partial charge < -0.3 is 45.1 Å².